The number of phenolic OH excluding ortho intramolecular Hbond substituents is 1. The molecule has 0 amide bonds. The summed E-state index contributed by atoms with van der Waals surface area (Å²) >= 11 is 3.31. The van der Waals surface area contributed by atoms with Crippen molar-refractivity contribution in [1.82, 2.24) is 5.32 Å². The SMILES string of the molecule is CCC(CO)NCc1cc(C)cc(Br)c1O. The van der Waals surface area contributed by atoms with Gasteiger partial charge < -0.3 is 15.5 Å². The summed E-state index contributed by atoms with van der Waals surface area (Å²) in [4.78, 5) is 0. The van der Waals surface area contributed by atoms with Crippen molar-refractivity contribution < 1.29 is 10.2 Å². The summed E-state index contributed by atoms with van der Waals surface area (Å²) in [6.07, 6.45) is 0.865. The minimum atomic E-state index is 0.0821. The van der Waals surface area contributed by atoms with Crippen LogP contribution in [0.2, 0.25) is 0 Å². The Hall–Kier alpha value is -0.580. The molecule has 0 aliphatic heterocycles. The fraction of sp³-hybridized carbons (Fsp3) is 0.500. The molecule has 0 heterocycles. The quantitative estimate of drug-likeness (QED) is 0.779. The second-order valence-corrected chi connectivity index (χ2v) is 4.78. The van der Waals surface area contributed by atoms with Crippen molar-refractivity contribution in [3.63, 3.8) is 0 Å². The highest BCUT2D eigenvalue weighted by Crippen LogP contribution is 2.29. The highest BCUT2D eigenvalue weighted by atomic mass is 79.9. The van der Waals surface area contributed by atoms with Crippen LogP contribution in [0.25, 0.3) is 0 Å². The monoisotopic (exact) mass is 287 g/mol. The summed E-state index contributed by atoms with van der Waals surface area (Å²) in [7, 11) is 0. The Morgan fingerprint density at radius 2 is 2.12 bits per heavy atom. The molecule has 0 bridgehead atoms. The summed E-state index contributed by atoms with van der Waals surface area (Å²) in [5.41, 5.74) is 1.94. The van der Waals surface area contributed by atoms with Crippen molar-refractivity contribution in [3.8, 4) is 5.75 Å². The minimum absolute atomic E-state index is 0.0821. The van der Waals surface area contributed by atoms with Crippen molar-refractivity contribution >= 4 is 15.9 Å². The molecule has 0 fully saturated rings. The fourth-order valence-corrected chi connectivity index (χ4v) is 2.15. The topological polar surface area (TPSA) is 52.5 Å². The maximum absolute atomic E-state index is 9.83. The number of hydrogen-bond donors (Lipinski definition) is 3. The molecule has 16 heavy (non-hydrogen) atoms. The molecular formula is C12H18BrNO2. The van der Waals surface area contributed by atoms with E-state index < -0.39 is 0 Å². The Morgan fingerprint density at radius 3 is 2.69 bits per heavy atom. The van der Waals surface area contributed by atoms with E-state index in [1.165, 1.54) is 0 Å². The van der Waals surface area contributed by atoms with Gasteiger partial charge in [-0.15, -0.1) is 0 Å². The number of hydrogen-bond acceptors (Lipinski definition) is 3. The van der Waals surface area contributed by atoms with Crippen LogP contribution in [0.3, 0.4) is 0 Å². The molecule has 1 aromatic rings. The molecule has 4 heteroatoms. The molecule has 0 aliphatic carbocycles. The second kappa shape index (κ2) is 6.23. The average Bonchev–Trinajstić information content (AvgIpc) is 2.26. The van der Waals surface area contributed by atoms with E-state index in [1.807, 2.05) is 26.0 Å². The van der Waals surface area contributed by atoms with E-state index >= 15 is 0 Å². The molecule has 0 aromatic heterocycles. The lowest BCUT2D eigenvalue weighted by Gasteiger charge is -2.15. The standard InChI is InChI=1S/C12H18BrNO2/c1-3-10(7-15)14-6-9-4-8(2)5-11(13)12(9)16/h4-5,10,14-16H,3,6-7H2,1-2H3. The number of aliphatic hydroxyl groups excluding tert-OH is 1. The van der Waals surface area contributed by atoms with Gasteiger partial charge in [-0.05, 0) is 40.9 Å². The lowest BCUT2D eigenvalue weighted by atomic mass is 10.1. The van der Waals surface area contributed by atoms with E-state index in [0.717, 1.165) is 17.5 Å². The molecule has 3 N–H and O–H groups in total. The molecule has 0 saturated heterocycles. The fourth-order valence-electron chi connectivity index (χ4n) is 1.53. The Morgan fingerprint density at radius 1 is 1.44 bits per heavy atom. The number of rotatable bonds is 5. The van der Waals surface area contributed by atoms with Crippen LogP contribution in [-0.4, -0.2) is 22.9 Å². The third kappa shape index (κ3) is 3.47. The van der Waals surface area contributed by atoms with Crippen molar-refractivity contribution in [2.24, 2.45) is 0 Å². The lowest BCUT2D eigenvalue weighted by molar-refractivity contribution is 0.238. The molecule has 3 nitrogen and oxygen atoms in total. The Labute approximate surface area is 105 Å². The van der Waals surface area contributed by atoms with Crippen LogP contribution < -0.4 is 5.32 Å². The number of phenols is 1. The van der Waals surface area contributed by atoms with Gasteiger partial charge in [-0.3, -0.25) is 0 Å². The first-order chi connectivity index (χ1) is 7.58. The van der Waals surface area contributed by atoms with Crippen molar-refractivity contribution in [3.05, 3.63) is 27.7 Å². The lowest BCUT2D eigenvalue weighted by Crippen LogP contribution is -2.31. The number of halogens is 1. The third-order valence-corrected chi connectivity index (χ3v) is 3.19. The predicted octanol–water partition coefficient (Wildman–Crippen LogP) is 2.32. The van der Waals surface area contributed by atoms with Crippen LogP contribution in [0.5, 0.6) is 5.75 Å². The highest BCUT2D eigenvalue weighted by molar-refractivity contribution is 9.10. The summed E-state index contributed by atoms with van der Waals surface area (Å²) in [5.74, 6) is 0.269. The van der Waals surface area contributed by atoms with Crippen molar-refractivity contribution in [1.29, 1.82) is 0 Å². The smallest absolute Gasteiger partial charge is 0.134 e. The zero-order chi connectivity index (χ0) is 12.1. The van der Waals surface area contributed by atoms with Gasteiger partial charge in [0.15, 0.2) is 0 Å². The molecule has 0 radical (unpaired) electrons. The number of nitrogens with one attached hydrogen (secondary N) is 1. The van der Waals surface area contributed by atoms with Gasteiger partial charge in [-0.1, -0.05) is 13.0 Å². The summed E-state index contributed by atoms with van der Waals surface area (Å²) < 4.78 is 0.710. The van der Waals surface area contributed by atoms with Gasteiger partial charge in [0.05, 0.1) is 11.1 Å². The van der Waals surface area contributed by atoms with Gasteiger partial charge in [0.1, 0.15) is 5.75 Å². The summed E-state index contributed by atoms with van der Waals surface area (Å²) in [6.45, 7) is 4.67. The molecular weight excluding hydrogens is 270 g/mol. The first kappa shape index (κ1) is 13.5. The second-order valence-electron chi connectivity index (χ2n) is 3.92. The van der Waals surface area contributed by atoms with E-state index in [9.17, 15) is 5.11 Å². The molecule has 0 spiro atoms. The number of aromatic hydroxyl groups is 1. The maximum atomic E-state index is 9.83. The van der Waals surface area contributed by atoms with Crippen LogP contribution in [0, 0.1) is 6.92 Å². The molecule has 1 atom stereocenters. The molecule has 1 aromatic carbocycles. The first-order valence-corrected chi connectivity index (χ1v) is 6.20. The van der Waals surface area contributed by atoms with Gasteiger partial charge in [0.2, 0.25) is 0 Å². The summed E-state index contributed by atoms with van der Waals surface area (Å²) in [6, 6.07) is 3.90. The van der Waals surface area contributed by atoms with Crippen molar-refractivity contribution in [2.75, 3.05) is 6.61 Å². The van der Waals surface area contributed by atoms with Crippen LogP contribution >= 0.6 is 15.9 Å². The number of benzene rings is 1. The zero-order valence-electron chi connectivity index (χ0n) is 9.63. The molecule has 0 aliphatic rings. The highest BCUT2D eigenvalue weighted by Gasteiger charge is 2.09. The van der Waals surface area contributed by atoms with Crippen LogP contribution in [0.4, 0.5) is 0 Å². The Bertz CT molecular complexity index is 351. The van der Waals surface area contributed by atoms with Gasteiger partial charge in [0, 0.05) is 18.2 Å². The minimum Gasteiger partial charge on any atom is -0.506 e. The van der Waals surface area contributed by atoms with E-state index in [4.69, 9.17) is 5.11 Å². The van der Waals surface area contributed by atoms with Gasteiger partial charge >= 0.3 is 0 Å². The Kier molecular flexibility index (Phi) is 5.25. The first-order valence-electron chi connectivity index (χ1n) is 5.40. The van der Waals surface area contributed by atoms with Gasteiger partial charge in [0.25, 0.3) is 0 Å². The molecule has 90 valence electrons. The van der Waals surface area contributed by atoms with Crippen LogP contribution in [0.15, 0.2) is 16.6 Å². The van der Waals surface area contributed by atoms with Crippen LogP contribution in [-0.2, 0) is 6.54 Å². The largest absolute Gasteiger partial charge is 0.506 e. The van der Waals surface area contributed by atoms with E-state index in [2.05, 4.69) is 21.2 Å². The molecule has 0 saturated carbocycles. The Balaban J connectivity index is 2.73. The van der Waals surface area contributed by atoms with E-state index in [0.29, 0.717) is 11.0 Å². The van der Waals surface area contributed by atoms with Gasteiger partial charge in [-0.2, -0.15) is 0 Å². The predicted molar refractivity (Wildman–Crippen MR) is 68.5 cm³/mol. The van der Waals surface area contributed by atoms with E-state index in [-0.39, 0.29) is 18.4 Å². The number of aliphatic hydroxyl groups is 1. The van der Waals surface area contributed by atoms with E-state index in [1.54, 1.807) is 0 Å². The molecule has 1 rings (SSSR count). The number of aryl methyl sites for hydroxylation is 1. The maximum Gasteiger partial charge on any atom is 0.134 e. The molecule has 1 unspecified atom stereocenters. The average molecular weight is 288 g/mol. The van der Waals surface area contributed by atoms with Crippen molar-refractivity contribution in [2.45, 2.75) is 32.9 Å². The zero-order valence-corrected chi connectivity index (χ0v) is 11.2. The van der Waals surface area contributed by atoms with Crippen LogP contribution in [0.1, 0.15) is 24.5 Å². The summed E-state index contributed by atoms with van der Waals surface area (Å²) in [5, 5.41) is 22.1. The third-order valence-electron chi connectivity index (χ3n) is 2.58. The van der Waals surface area contributed by atoms with Gasteiger partial charge in [-0.25, -0.2) is 0 Å². The normalized spacial score (nSPS) is 12.8.